The van der Waals surface area contributed by atoms with Crippen molar-refractivity contribution in [3.05, 3.63) is 22.4 Å². The summed E-state index contributed by atoms with van der Waals surface area (Å²) in [6.07, 6.45) is 1.70. The van der Waals surface area contributed by atoms with Crippen LogP contribution in [0.4, 0.5) is 5.69 Å². The van der Waals surface area contributed by atoms with Crippen molar-refractivity contribution in [3.63, 3.8) is 0 Å². The third-order valence-corrected chi connectivity index (χ3v) is 3.44. The number of carbonyl (C=O) groups excluding carboxylic acids is 1. The maximum Gasteiger partial charge on any atom is 0.256 e. The number of rotatable bonds is 2. The number of nitrogens with one attached hydrogen (secondary N) is 1. The molecule has 2 heterocycles. The highest BCUT2D eigenvalue weighted by Gasteiger charge is 2.37. The molecule has 0 spiro atoms. The van der Waals surface area contributed by atoms with Crippen LogP contribution >= 0.6 is 15.9 Å². The van der Waals surface area contributed by atoms with E-state index in [1.807, 2.05) is 19.9 Å². The number of ether oxygens (including phenoxy) is 1. The van der Waals surface area contributed by atoms with Crippen LogP contribution in [-0.4, -0.2) is 23.1 Å². The van der Waals surface area contributed by atoms with Gasteiger partial charge in [-0.05, 0) is 54.8 Å². The first-order valence-electron chi connectivity index (χ1n) is 5.60. The zero-order chi connectivity index (χ0) is 12.5. The summed E-state index contributed by atoms with van der Waals surface area (Å²) in [6.45, 7) is 4.34. The Morgan fingerprint density at radius 3 is 2.94 bits per heavy atom. The molecule has 1 atom stereocenters. The molecular weight excluding hydrogens is 284 g/mol. The fourth-order valence-electron chi connectivity index (χ4n) is 1.88. The lowest BCUT2D eigenvalue weighted by molar-refractivity contribution is -0.133. The predicted molar refractivity (Wildman–Crippen MR) is 68.9 cm³/mol. The molecule has 4 nitrogen and oxygen atoms in total. The zero-order valence-electron chi connectivity index (χ0n) is 9.92. The standard InChI is InChI=1S/C12H15BrN2O2/c1-8-9(4-5-10(13)14-8)15-11(16)12(2)6-3-7-17-12/h4-5H,3,6-7H2,1-2H3,(H,15,16). The molecule has 1 N–H and O–H groups in total. The Balaban J connectivity index is 2.13. The van der Waals surface area contributed by atoms with Crippen molar-refractivity contribution < 1.29 is 9.53 Å². The Hall–Kier alpha value is -0.940. The van der Waals surface area contributed by atoms with E-state index in [0.717, 1.165) is 28.8 Å². The van der Waals surface area contributed by atoms with Gasteiger partial charge < -0.3 is 10.1 Å². The van der Waals surface area contributed by atoms with Crippen LogP contribution in [-0.2, 0) is 9.53 Å². The first-order valence-corrected chi connectivity index (χ1v) is 6.39. The second-order valence-electron chi connectivity index (χ2n) is 4.40. The molecule has 1 aromatic heterocycles. The van der Waals surface area contributed by atoms with E-state index >= 15 is 0 Å². The van der Waals surface area contributed by atoms with Gasteiger partial charge in [-0.25, -0.2) is 4.98 Å². The average Bonchev–Trinajstić information content (AvgIpc) is 2.71. The number of aryl methyl sites for hydroxylation is 1. The summed E-state index contributed by atoms with van der Waals surface area (Å²) >= 11 is 3.29. The van der Waals surface area contributed by atoms with Gasteiger partial charge in [0.2, 0.25) is 0 Å². The molecule has 0 aromatic carbocycles. The van der Waals surface area contributed by atoms with Gasteiger partial charge in [0.15, 0.2) is 0 Å². The van der Waals surface area contributed by atoms with E-state index in [1.165, 1.54) is 0 Å². The van der Waals surface area contributed by atoms with Crippen molar-refractivity contribution in [1.82, 2.24) is 4.98 Å². The molecule has 1 aliphatic heterocycles. The number of anilines is 1. The molecule has 1 aliphatic rings. The molecule has 2 rings (SSSR count). The lowest BCUT2D eigenvalue weighted by atomic mass is 10.0. The molecular formula is C12H15BrN2O2. The van der Waals surface area contributed by atoms with Crippen LogP contribution in [0.3, 0.4) is 0 Å². The quantitative estimate of drug-likeness (QED) is 0.854. The molecule has 1 amide bonds. The van der Waals surface area contributed by atoms with Gasteiger partial charge in [0.05, 0.1) is 11.4 Å². The van der Waals surface area contributed by atoms with Gasteiger partial charge in [0.25, 0.3) is 5.91 Å². The highest BCUT2D eigenvalue weighted by atomic mass is 79.9. The minimum atomic E-state index is -0.695. The first-order chi connectivity index (χ1) is 8.01. The fraction of sp³-hybridized carbons (Fsp3) is 0.500. The number of halogens is 1. The summed E-state index contributed by atoms with van der Waals surface area (Å²) in [5.41, 5.74) is 0.823. The highest BCUT2D eigenvalue weighted by molar-refractivity contribution is 9.10. The van der Waals surface area contributed by atoms with E-state index in [4.69, 9.17) is 4.74 Å². The van der Waals surface area contributed by atoms with Crippen LogP contribution in [0.5, 0.6) is 0 Å². The van der Waals surface area contributed by atoms with E-state index in [1.54, 1.807) is 6.07 Å². The van der Waals surface area contributed by atoms with Crippen molar-refractivity contribution >= 4 is 27.5 Å². The maximum absolute atomic E-state index is 12.1. The van der Waals surface area contributed by atoms with E-state index in [2.05, 4.69) is 26.2 Å². The van der Waals surface area contributed by atoms with Crippen LogP contribution < -0.4 is 5.32 Å². The van der Waals surface area contributed by atoms with Gasteiger partial charge in [0, 0.05) is 6.61 Å². The summed E-state index contributed by atoms with van der Waals surface area (Å²) in [4.78, 5) is 16.3. The number of amides is 1. The van der Waals surface area contributed by atoms with Crippen LogP contribution in [0.2, 0.25) is 0 Å². The normalized spacial score (nSPS) is 23.7. The number of hydrogen-bond acceptors (Lipinski definition) is 3. The van der Waals surface area contributed by atoms with Crippen molar-refractivity contribution in [2.24, 2.45) is 0 Å². The monoisotopic (exact) mass is 298 g/mol. The summed E-state index contributed by atoms with van der Waals surface area (Å²) < 4.78 is 6.26. The molecule has 0 bridgehead atoms. The van der Waals surface area contributed by atoms with Crippen LogP contribution in [0.15, 0.2) is 16.7 Å². The van der Waals surface area contributed by atoms with Gasteiger partial charge in [-0.3, -0.25) is 4.79 Å². The Kier molecular flexibility index (Phi) is 3.49. The summed E-state index contributed by atoms with van der Waals surface area (Å²) in [6, 6.07) is 3.64. The van der Waals surface area contributed by atoms with Gasteiger partial charge in [0.1, 0.15) is 10.2 Å². The number of pyridine rings is 1. The third kappa shape index (κ3) is 2.66. The van der Waals surface area contributed by atoms with E-state index in [-0.39, 0.29) is 5.91 Å². The first kappa shape index (κ1) is 12.5. The van der Waals surface area contributed by atoms with Crippen molar-refractivity contribution in [3.8, 4) is 0 Å². The predicted octanol–water partition coefficient (Wildman–Crippen LogP) is 2.66. The molecule has 1 fully saturated rings. The number of carbonyl (C=O) groups is 1. The third-order valence-electron chi connectivity index (χ3n) is 3.00. The van der Waals surface area contributed by atoms with Crippen LogP contribution in [0.25, 0.3) is 0 Å². The Bertz CT molecular complexity index is 442. The van der Waals surface area contributed by atoms with Crippen molar-refractivity contribution in [2.45, 2.75) is 32.3 Å². The topological polar surface area (TPSA) is 51.2 Å². The summed E-state index contributed by atoms with van der Waals surface area (Å²) in [5.74, 6) is -0.0952. The SMILES string of the molecule is Cc1nc(Br)ccc1NC(=O)C1(C)CCCO1. The van der Waals surface area contributed by atoms with Crippen molar-refractivity contribution in [2.75, 3.05) is 11.9 Å². The Morgan fingerprint density at radius 2 is 2.35 bits per heavy atom. The molecule has 5 heteroatoms. The van der Waals surface area contributed by atoms with E-state index < -0.39 is 5.60 Å². The van der Waals surface area contributed by atoms with Gasteiger partial charge in [-0.15, -0.1) is 0 Å². The second-order valence-corrected chi connectivity index (χ2v) is 5.22. The summed E-state index contributed by atoms with van der Waals surface area (Å²) in [7, 11) is 0. The number of aromatic nitrogens is 1. The minimum Gasteiger partial charge on any atom is -0.365 e. The molecule has 0 saturated carbocycles. The van der Waals surface area contributed by atoms with Crippen LogP contribution in [0, 0.1) is 6.92 Å². The minimum absolute atomic E-state index is 0.0952. The molecule has 1 unspecified atom stereocenters. The molecule has 1 saturated heterocycles. The fourth-order valence-corrected chi connectivity index (χ4v) is 2.27. The van der Waals surface area contributed by atoms with Gasteiger partial charge >= 0.3 is 0 Å². The molecule has 92 valence electrons. The average molecular weight is 299 g/mol. The second kappa shape index (κ2) is 4.74. The number of hydrogen-bond donors (Lipinski definition) is 1. The van der Waals surface area contributed by atoms with Crippen molar-refractivity contribution in [1.29, 1.82) is 0 Å². The number of nitrogens with zero attached hydrogens (tertiary/aromatic N) is 1. The molecule has 17 heavy (non-hydrogen) atoms. The largest absolute Gasteiger partial charge is 0.365 e. The van der Waals surface area contributed by atoms with E-state index in [9.17, 15) is 4.79 Å². The van der Waals surface area contributed by atoms with Crippen LogP contribution in [0.1, 0.15) is 25.5 Å². The Labute approximate surface area is 109 Å². The smallest absolute Gasteiger partial charge is 0.256 e. The lowest BCUT2D eigenvalue weighted by Gasteiger charge is -2.22. The summed E-state index contributed by atoms with van der Waals surface area (Å²) in [5, 5.41) is 2.87. The van der Waals surface area contributed by atoms with Gasteiger partial charge in [-0.1, -0.05) is 0 Å². The molecule has 0 aliphatic carbocycles. The lowest BCUT2D eigenvalue weighted by Crippen LogP contribution is -2.39. The molecule has 0 radical (unpaired) electrons. The van der Waals surface area contributed by atoms with Gasteiger partial charge in [-0.2, -0.15) is 0 Å². The zero-order valence-corrected chi connectivity index (χ0v) is 11.5. The molecule has 1 aromatic rings. The van der Waals surface area contributed by atoms with E-state index in [0.29, 0.717) is 6.61 Å². The Morgan fingerprint density at radius 1 is 1.59 bits per heavy atom. The highest BCUT2D eigenvalue weighted by Crippen LogP contribution is 2.27. The maximum atomic E-state index is 12.1.